The first-order valence-electron chi connectivity index (χ1n) is 6.38. The Kier molecular flexibility index (Phi) is 5.16. The summed E-state index contributed by atoms with van der Waals surface area (Å²) in [6.07, 6.45) is 4.62. The molecule has 2 N–H and O–H groups in total. The number of thiazole rings is 1. The zero-order chi connectivity index (χ0) is 16.2. The van der Waals surface area contributed by atoms with Gasteiger partial charge in [0.15, 0.2) is 4.21 Å². The Morgan fingerprint density at radius 2 is 2.05 bits per heavy atom. The largest absolute Gasteiger partial charge is 0.480 e. The number of hydrogen-bond donors (Lipinski definition) is 2. The predicted octanol–water partition coefficient (Wildman–Crippen LogP) is 0.470. The quantitative estimate of drug-likeness (QED) is 0.750. The van der Waals surface area contributed by atoms with Gasteiger partial charge in [-0.25, -0.2) is 23.4 Å². The predicted molar refractivity (Wildman–Crippen MR) is 79.0 cm³/mol. The summed E-state index contributed by atoms with van der Waals surface area (Å²) in [4.78, 5) is 23.0. The smallest absolute Gasteiger partial charge is 0.322 e. The van der Waals surface area contributed by atoms with Gasteiger partial charge in [-0.05, 0) is 12.5 Å². The van der Waals surface area contributed by atoms with E-state index in [2.05, 4.69) is 19.7 Å². The number of carboxylic acids is 1. The molecule has 22 heavy (non-hydrogen) atoms. The van der Waals surface area contributed by atoms with Crippen molar-refractivity contribution in [3.63, 3.8) is 0 Å². The fourth-order valence-electron chi connectivity index (χ4n) is 1.62. The molecule has 2 aromatic heterocycles. The third-order valence-corrected chi connectivity index (χ3v) is 5.78. The van der Waals surface area contributed by atoms with Gasteiger partial charge in [-0.2, -0.15) is 4.72 Å². The number of aryl methyl sites for hydroxylation is 1. The fraction of sp³-hybridized carbons (Fsp3) is 0.333. The van der Waals surface area contributed by atoms with Crippen molar-refractivity contribution in [2.45, 2.75) is 30.0 Å². The van der Waals surface area contributed by atoms with Crippen LogP contribution < -0.4 is 4.72 Å². The normalized spacial score (nSPS) is 13.0. The zero-order valence-corrected chi connectivity index (χ0v) is 13.3. The van der Waals surface area contributed by atoms with Crippen LogP contribution in [-0.4, -0.2) is 40.5 Å². The van der Waals surface area contributed by atoms with E-state index < -0.39 is 22.0 Å². The second-order valence-corrected chi connectivity index (χ2v) is 7.36. The standard InChI is InChI=1S/C12H14N4O4S2/c1-2-10-15-7-11(21-10)22(19,20)16-8(12(17)18)6-9-13-4-3-5-14-9/h3-5,7-8,16H,2,6H2,1H3,(H,17,18). The minimum atomic E-state index is -3.94. The van der Waals surface area contributed by atoms with Crippen LogP contribution in [-0.2, 0) is 27.7 Å². The molecule has 2 heterocycles. The van der Waals surface area contributed by atoms with Crippen LogP contribution in [0, 0.1) is 0 Å². The molecule has 0 saturated carbocycles. The monoisotopic (exact) mass is 342 g/mol. The fourth-order valence-corrected chi connectivity index (χ4v) is 3.95. The van der Waals surface area contributed by atoms with Crippen LogP contribution >= 0.6 is 11.3 Å². The maximum Gasteiger partial charge on any atom is 0.322 e. The molecule has 0 aromatic carbocycles. The number of aromatic nitrogens is 3. The van der Waals surface area contributed by atoms with E-state index in [0.29, 0.717) is 11.4 Å². The Morgan fingerprint density at radius 3 is 2.59 bits per heavy atom. The lowest BCUT2D eigenvalue weighted by molar-refractivity contribution is -0.138. The Labute approximate surface area is 131 Å². The molecule has 0 fully saturated rings. The van der Waals surface area contributed by atoms with Gasteiger partial charge >= 0.3 is 5.97 Å². The number of nitrogens with zero attached hydrogens (tertiary/aromatic N) is 3. The minimum Gasteiger partial charge on any atom is -0.480 e. The first-order chi connectivity index (χ1) is 10.4. The van der Waals surface area contributed by atoms with Crippen LogP contribution in [0.3, 0.4) is 0 Å². The van der Waals surface area contributed by atoms with Crippen LogP contribution in [0.1, 0.15) is 17.8 Å². The highest BCUT2D eigenvalue weighted by molar-refractivity contribution is 7.91. The van der Waals surface area contributed by atoms with Gasteiger partial charge in [0.1, 0.15) is 11.9 Å². The molecule has 1 atom stereocenters. The number of carbonyl (C=O) groups is 1. The molecule has 0 aliphatic heterocycles. The van der Waals surface area contributed by atoms with Crippen LogP contribution in [0.5, 0.6) is 0 Å². The average molecular weight is 342 g/mol. The lowest BCUT2D eigenvalue weighted by Crippen LogP contribution is -2.42. The van der Waals surface area contributed by atoms with E-state index in [1.54, 1.807) is 6.07 Å². The van der Waals surface area contributed by atoms with Crippen LogP contribution in [0.2, 0.25) is 0 Å². The van der Waals surface area contributed by atoms with Crippen molar-refractivity contribution in [2.24, 2.45) is 0 Å². The number of aliphatic carboxylic acids is 1. The molecule has 2 rings (SSSR count). The molecule has 0 saturated heterocycles. The number of nitrogens with one attached hydrogen (secondary N) is 1. The van der Waals surface area contributed by atoms with E-state index >= 15 is 0 Å². The van der Waals surface area contributed by atoms with Crippen LogP contribution in [0.15, 0.2) is 28.9 Å². The first kappa shape index (κ1) is 16.5. The lowest BCUT2D eigenvalue weighted by Gasteiger charge is -2.12. The summed E-state index contributed by atoms with van der Waals surface area (Å²) in [7, 11) is -3.94. The highest BCUT2D eigenvalue weighted by atomic mass is 32.2. The number of rotatable bonds is 7. The summed E-state index contributed by atoms with van der Waals surface area (Å²) in [5.74, 6) is -1.05. The van der Waals surface area contributed by atoms with Gasteiger partial charge in [0.2, 0.25) is 0 Å². The highest BCUT2D eigenvalue weighted by Crippen LogP contribution is 2.19. The minimum absolute atomic E-state index is 0.00965. The van der Waals surface area contributed by atoms with Gasteiger partial charge in [-0.3, -0.25) is 4.79 Å². The Bertz CT molecular complexity index is 745. The number of hydrogen-bond acceptors (Lipinski definition) is 7. The molecule has 0 radical (unpaired) electrons. The third-order valence-electron chi connectivity index (χ3n) is 2.70. The molecule has 0 bridgehead atoms. The lowest BCUT2D eigenvalue weighted by atomic mass is 10.2. The molecule has 0 spiro atoms. The van der Waals surface area contributed by atoms with Gasteiger partial charge in [0, 0.05) is 18.8 Å². The second kappa shape index (κ2) is 6.90. The molecule has 2 aromatic rings. The Balaban J connectivity index is 2.18. The van der Waals surface area contributed by atoms with Crippen molar-refractivity contribution in [3.8, 4) is 0 Å². The van der Waals surface area contributed by atoms with E-state index in [4.69, 9.17) is 0 Å². The molecular formula is C12H14N4O4S2. The summed E-state index contributed by atoms with van der Waals surface area (Å²) in [6, 6.07) is 0.243. The van der Waals surface area contributed by atoms with E-state index in [1.165, 1.54) is 18.6 Å². The van der Waals surface area contributed by atoms with E-state index in [0.717, 1.165) is 11.3 Å². The maximum absolute atomic E-state index is 12.2. The van der Waals surface area contributed by atoms with Gasteiger partial charge in [-0.1, -0.05) is 6.92 Å². The SMILES string of the molecule is CCc1ncc(S(=O)(=O)NC(Cc2ncccn2)C(=O)O)s1. The van der Waals surface area contributed by atoms with Crippen molar-refractivity contribution >= 4 is 27.3 Å². The number of carboxylic acid groups (broad SMARTS) is 1. The average Bonchev–Trinajstić information content (AvgIpc) is 2.97. The van der Waals surface area contributed by atoms with Crippen molar-refractivity contribution in [1.29, 1.82) is 0 Å². The van der Waals surface area contributed by atoms with E-state index in [9.17, 15) is 18.3 Å². The van der Waals surface area contributed by atoms with Gasteiger partial charge < -0.3 is 5.11 Å². The maximum atomic E-state index is 12.2. The van der Waals surface area contributed by atoms with E-state index in [-0.39, 0.29) is 16.5 Å². The topological polar surface area (TPSA) is 122 Å². The van der Waals surface area contributed by atoms with Crippen LogP contribution in [0.25, 0.3) is 0 Å². The van der Waals surface area contributed by atoms with Crippen LogP contribution in [0.4, 0.5) is 0 Å². The van der Waals surface area contributed by atoms with E-state index in [1.807, 2.05) is 6.92 Å². The highest BCUT2D eigenvalue weighted by Gasteiger charge is 2.27. The summed E-state index contributed by atoms with van der Waals surface area (Å²) in [5.41, 5.74) is 0. The Morgan fingerprint density at radius 1 is 1.36 bits per heavy atom. The molecule has 8 nitrogen and oxygen atoms in total. The van der Waals surface area contributed by atoms with Crippen molar-refractivity contribution in [3.05, 3.63) is 35.5 Å². The third kappa shape index (κ3) is 4.06. The summed E-state index contributed by atoms with van der Waals surface area (Å²) < 4.78 is 26.6. The van der Waals surface area contributed by atoms with Gasteiger partial charge in [0.25, 0.3) is 10.0 Å². The molecule has 1 unspecified atom stereocenters. The summed E-state index contributed by atoms with van der Waals surface area (Å²) in [5, 5.41) is 9.87. The first-order valence-corrected chi connectivity index (χ1v) is 8.68. The molecule has 0 amide bonds. The summed E-state index contributed by atoms with van der Waals surface area (Å²) >= 11 is 1.01. The van der Waals surface area contributed by atoms with Crippen molar-refractivity contribution in [2.75, 3.05) is 0 Å². The summed E-state index contributed by atoms with van der Waals surface area (Å²) in [6.45, 7) is 1.86. The number of sulfonamides is 1. The second-order valence-electron chi connectivity index (χ2n) is 4.31. The van der Waals surface area contributed by atoms with Gasteiger partial charge in [0.05, 0.1) is 11.2 Å². The van der Waals surface area contributed by atoms with Gasteiger partial charge in [-0.15, -0.1) is 11.3 Å². The van der Waals surface area contributed by atoms with Crippen molar-refractivity contribution in [1.82, 2.24) is 19.7 Å². The Hall–Kier alpha value is -1.91. The zero-order valence-electron chi connectivity index (χ0n) is 11.6. The molecule has 0 aliphatic carbocycles. The molecule has 0 aliphatic rings. The molecule has 10 heteroatoms. The molecule has 118 valence electrons. The molecular weight excluding hydrogens is 328 g/mol. The van der Waals surface area contributed by atoms with Crippen molar-refractivity contribution < 1.29 is 18.3 Å².